The largest absolute Gasteiger partial charge is 0.312 e. The van der Waals surface area contributed by atoms with E-state index >= 15 is 0 Å². The van der Waals surface area contributed by atoms with E-state index in [9.17, 15) is 0 Å². The molecular formula is C16H34N2. The van der Waals surface area contributed by atoms with E-state index in [4.69, 9.17) is 0 Å². The van der Waals surface area contributed by atoms with Gasteiger partial charge >= 0.3 is 0 Å². The highest BCUT2D eigenvalue weighted by molar-refractivity contribution is 4.83. The fourth-order valence-corrected chi connectivity index (χ4v) is 2.95. The minimum Gasteiger partial charge on any atom is -0.312 e. The lowest BCUT2D eigenvalue weighted by Crippen LogP contribution is -2.50. The van der Waals surface area contributed by atoms with Gasteiger partial charge in [-0.05, 0) is 44.6 Å². The van der Waals surface area contributed by atoms with Crippen LogP contribution in [0.25, 0.3) is 0 Å². The van der Waals surface area contributed by atoms with Gasteiger partial charge in [-0.15, -0.1) is 0 Å². The van der Waals surface area contributed by atoms with E-state index in [1.54, 1.807) is 0 Å². The maximum absolute atomic E-state index is 3.76. The summed E-state index contributed by atoms with van der Waals surface area (Å²) in [4.78, 5) is 2.72. The maximum Gasteiger partial charge on any atom is 0.0220 e. The van der Waals surface area contributed by atoms with E-state index in [1.807, 2.05) is 0 Å². The zero-order valence-corrected chi connectivity index (χ0v) is 13.2. The topological polar surface area (TPSA) is 15.3 Å². The monoisotopic (exact) mass is 254 g/mol. The van der Waals surface area contributed by atoms with E-state index in [0.717, 1.165) is 24.4 Å². The predicted molar refractivity (Wildman–Crippen MR) is 81.0 cm³/mol. The molecule has 0 aliphatic carbocycles. The second kappa shape index (κ2) is 8.16. The van der Waals surface area contributed by atoms with Crippen molar-refractivity contribution in [1.82, 2.24) is 10.2 Å². The van der Waals surface area contributed by atoms with Crippen molar-refractivity contribution in [1.29, 1.82) is 0 Å². The number of likely N-dealkylation sites (tertiary alicyclic amines) is 1. The van der Waals surface area contributed by atoms with E-state index in [1.165, 1.54) is 38.8 Å². The third-order valence-corrected chi connectivity index (χ3v) is 4.67. The Labute approximate surface area is 115 Å². The highest BCUT2D eigenvalue weighted by atomic mass is 15.2. The molecule has 108 valence electrons. The van der Waals surface area contributed by atoms with Gasteiger partial charge < -0.3 is 5.32 Å². The molecule has 0 aromatic carbocycles. The third-order valence-electron chi connectivity index (χ3n) is 4.67. The van der Waals surface area contributed by atoms with Crippen LogP contribution in [-0.4, -0.2) is 36.6 Å². The van der Waals surface area contributed by atoms with Crippen LogP contribution in [-0.2, 0) is 0 Å². The Balaban J connectivity index is 2.51. The number of hydrogen-bond acceptors (Lipinski definition) is 2. The van der Waals surface area contributed by atoms with E-state index in [-0.39, 0.29) is 0 Å². The van der Waals surface area contributed by atoms with Crippen LogP contribution in [0.4, 0.5) is 0 Å². The SMILES string of the molecule is CCCNC(CN1CC(C)CCC1C)C(C)CC. The molecule has 4 atom stereocenters. The van der Waals surface area contributed by atoms with Crippen LogP contribution >= 0.6 is 0 Å². The van der Waals surface area contributed by atoms with Crippen LogP contribution in [0, 0.1) is 11.8 Å². The summed E-state index contributed by atoms with van der Waals surface area (Å²) in [5, 5.41) is 3.76. The van der Waals surface area contributed by atoms with Crippen LogP contribution in [0.15, 0.2) is 0 Å². The van der Waals surface area contributed by atoms with E-state index in [0.29, 0.717) is 6.04 Å². The average Bonchev–Trinajstić information content (AvgIpc) is 2.37. The maximum atomic E-state index is 3.76. The summed E-state index contributed by atoms with van der Waals surface area (Å²) in [6.45, 7) is 15.5. The molecule has 0 saturated carbocycles. The van der Waals surface area contributed by atoms with Crippen LogP contribution in [0.5, 0.6) is 0 Å². The molecule has 1 aliphatic heterocycles. The van der Waals surface area contributed by atoms with E-state index < -0.39 is 0 Å². The van der Waals surface area contributed by atoms with Gasteiger partial charge in [0.2, 0.25) is 0 Å². The van der Waals surface area contributed by atoms with Crippen molar-refractivity contribution in [2.75, 3.05) is 19.6 Å². The zero-order chi connectivity index (χ0) is 13.5. The van der Waals surface area contributed by atoms with Gasteiger partial charge in [-0.2, -0.15) is 0 Å². The van der Waals surface area contributed by atoms with Gasteiger partial charge in [-0.25, -0.2) is 0 Å². The van der Waals surface area contributed by atoms with Crippen LogP contribution in [0.3, 0.4) is 0 Å². The lowest BCUT2D eigenvalue weighted by molar-refractivity contribution is 0.101. The summed E-state index contributed by atoms with van der Waals surface area (Å²) in [6, 6.07) is 1.44. The molecule has 1 fully saturated rings. The Kier molecular flexibility index (Phi) is 7.25. The molecule has 1 N–H and O–H groups in total. The average molecular weight is 254 g/mol. The smallest absolute Gasteiger partial charge is 0.0220 e. The van der Waals surface area contributed by atoms with Crippen LogP contribution < -0.4 is 5.32 Å². The minimum absolute atomic E-state index is 0.669. The number of hydrogen-bond donors (Lipinski definition) is 1. The van der Waals surface area contributed by atoms with E-state index in [2.05, 4.69) is 44.8 Å². The Bertz CT molecular complexity index is 217. The molecule has 2 nitrogen and oxygen atoms in total. The first-order valence-electron chi connectivity index (χ1n) is 8.05. The Hall–Kier alpha value is -0.0800. The molecule has 0 amide bonds. The molecule has 1 aliphatic rings. The molecule has 1 heterocycles. The van der Waals surface area contributed by atoms with Gasteiger partial charge in [0, 0.05) is 25.2 Å². The fraction of sp³-hybridized carbons (Fsp3) is 1.00. The molecule has 0 aromatic rings. The summed E-state index contributed by atoms with van der Waals surface area (Å²) < 4.78 is 0. The van der Waals surface area contributed by atoms with Crippen molar-refractivity contribution in [3.05, 3.63) is 0 Å². The van der Waals surface area contributed by atoms with Gasteiger partial charge in [0.25, 0.3) is 0 Å². The Morgan fingerprint density at radius 1 is 1.22 bits per heavy atom. The van der Waals surface area contributed by atoms with Crippen LogP contribution in [0.1, 0.15) is 60.3 Å². The molecule has 1 rings (SSSR count). The van der Waals surface area contributed by atoms with Crippen molar-refractivity contribution in [2.24, 2.45) is 11.8 Å². The second-order valence-electron chi connectivity index (χ2n) is 6.43. The van der Waals surface area contributed by atoms with Crippen molar-refractivity contribution < 1.29 is 0 Å². The number of rotatable bonds is 7. The Morgan fingerprint density at radius 3 is 2.56 bits per heavy atom. The lowest BCUT2D eigenvalue weighted by atomic mass is 9.92. The number of piperidine rings is 1. The highest BCUT2D eigenvalue weighted by Crippen LogP contribution is 2.22. The summed E-state index contributed by atoms with van der Waals surface area (Å²) in [5.41, 5.74) is 0. The number of nitrogens with zero attached hydrogens (tertiary/aromatic N) is 1. The predicted octanol–water partition coefficient (Wildman–Crippen LogP) is 3.52. The molecule has 0 spiro atoms. The standard InChI is InChI=1S/C16H34N2/c1-6-10-17-16(14(4)7-2)12-18-11-13(3)8-9-15(18)5/h13-17H,6-12H2,1-5H3. The summed E-state index contributed by atoms with van der Waals surface area (Å²) in [6.07, 6.45) is 5.30. The molecule has 4 unspecified atom stereocenters. The minimum atomic E-state index is 0.669. The first kappa shape index (κ1) is 16.0. The summed E-state index contributed by atoms with van der Waals surface area (Å²) in [5.74, 6) is 1.66. The lowest BCUT2D eigenvalue weighted by Gasteiger charge is -2.40. The molecule has 0 aromatic heterocycles. The zero-order valence-electron chi connectivity index (χ0n) is 13.2. The van der Waals surface area contributed by atoms with Gasteiger partial charge in [0.05, 0.1) is 0 Å². The van der Waals surface area contributed by atoms with Crippen molar-refractivity contribution in [3.63, 3.8) is 0 Å². The van der Waals surface area contributed by atoms with Gasteiger partial charge in [-0.1, -0.05) is 34.1 Å². The third kappa shape index (κ3) is 4.89. The fourth-order valence-electron chi connectivity index (χ4n) is 2.95. The molecule has 0 radical (unpaired) electrons. The highest BCUT2D eigenvalue weighted by Gasteiger charge is 2.26. The number of nitrogens with one attached hydrogen (secondary N) is 1. The van der Waals surface area contributed by atoms with Gasteiger partial charge in [0.15, 0.2) is 0 Å². The quantitative estimate of drug-likeness (QED) is 0.748. The Morgan fingerprint density at radius 2 is 1.94 bits per heavy atom. The second-order valence-corrected chi connectivity index (χ2v) is 6.43. The summed E-state index contributed by atoms with van der Waals surface area (Å²) >= 11 is 0. The van der Waals surface area contributed by atoms with Crippen molar-refractivity contribution in [2.45, 2.75) is 72.4 Å². The molecule has 0 bridgehead atoms. The summed E-state index contributed by atoms with van der Waals surface area (Å²) in [7, 11) is 0. The first-order chi connectivity index (χ1) is 8.58. The van der Waals surface area contributed by atoms with Crippen molar-refractivity contribution in [3.8, 4) is 0 Å². The molecule has 1 saturated heterocycles. The first-order valence-corrected chi connectivity index (χ1v) is 8.05. The van der Waals surface area contributed by atoms with Gasteiger partial charge in [-0.3, -0.25) is 4.90 Å². The molecular weight excluding hydrogens is 220 g/mol. The van der Waals surface area contributed by atoms with Crippen molar-refractivity contribution >= 4 is 0 Å². The molecule has 18 heavy (non-hydrogen) atoms. The molecule has 2 heteroatoms. The van der Waals surface area contributed by atoms with Crippen LogP contribution in [0.2, 0.25) is 0 Å². The van der Waals surface area contributed by atoms with Gasteiger partial charge in [0.1, 0.15) is 0 Å². The normalized spacial score (nSPS) is 29.2.